The third-order valence-electron chi connectivity index (χ3n) is 4.10. The van der Waals surface area contributed by atoms with Crippen LogP contribution < -0.4 is 15.5 Å². The second kappa shape index (κ2) is 9.50. The Balaban J connectivity index is 1.93. The molecule has 0 spiro atoms. The van der Waals surface area contributed by atoms with Crippen molar-refractivity contribution < 1.29 is 19.4 Å². The number of non-ortho nitro benzene ring substituents is 1. The van der Waals surface area contributed by atoms with Gasteiger partial charge in [0.2, 0.25) is 0 Å². The predicted molar refractivity (Wildman–Crippen MR) is 108 cm³/mol. The van der Waals surface area contributed by atoms with Crippen molar-refractivity contribution in [1.82, 2.24) is 0 Å². The van der Waals surface area contributed by atoms with Gasteiger partial charge in [0.25, 0.3) is 17.5 Å². The van der Waals surface area contributed by atoms with E-state index in [9.17, 15) is 19.7 Å². The van der Waals surface area contributed by atoms with Crippen LogP contribution in [0.2, 0.25) is 10.0 Å². The number of hydrogen-bond donors (Lipinski definition) is 3. The summed E-state index contributed by atoms with van der Waals surface area (Å²) in [5, 5.41) is 16.8. The summed E-state index contributed by atoms with van der Waals surface area (Å²) in [5.41, 5.74) is 0.701. The lowest BCUT2D eigenvalue weighted by Crippen LogP contribution is -3.14. The molecule has 1 unspecified atom stereocenters. The van der Waals surface area contributed by atoms with E-state index in [2.05, 4.69) is 10.6 Å². The summed E-state index contributed by atoms with van der Waals surface area (Å²) in [6, 6.07) is 9.82. The van der Waals surface area contributed by atoms with Crippen LogP contribution in [0.3, 0.4) is 0 Å². The van der Waals surface area contributed by atoms with Crippen LogP contribution in [0.4, 0.5) is 17.1 Å². The maximum atomic E-state index is 12.4. The van der Waals surface area contributed by atoms with Gasteiger partial charge in [-0.15, -0.1) is 0 Å². The third kappa shape index (κ3) is 5.91. The Morgan fingerprint density at radius 1 is 1.11 bits per heavy atom. The van der Waals surface area contributed by atoms with E-state index in [1.807, 2.05) is 0 Å². The molecule has 0 saturated carbocycles. The fourth-order valence-corrected chi connectivity index (χ4v) is 2.66. The Labute approximate surface area is 171 Å². The normalized spacial score (nSPS) is 12.7. The van der Waals surface area contributed by atoms with E-state index in [1.165, 1.54) is 24.3 Å². The fourth-order valence-electron chi connectivity index (χ4n) is 2.36. The fraction of sp³-hybridized carbons (Fsp3) is 0.222. The van der Waals surface area contributed by atoms with Crippen molar-refractivity contribution in [3.05, 3.63) is 62.6 Å². The number of nitrogens with zero attached hydrogens (tertiary/aromatic N) is 1. The second-order valence-corrected chi connectivity index (χ2v) is 7.03. The molecule has 0 fully saturated rings. The number of anilines is 2. The summed E-state index contributed by atoms with van der Waals surface area (Å²) in [5.74, 6) is -0.661. The zero-order valence-electron chi connectivity index (χ0n) is 15.2. The Kier molecular flexibility index (Phi) is 7.33. The molecule has 0 heterocycles. The van der Waals surface area contributed by atoms with Gasteiger partial charge in [0.05, 0.1) is 22.0 Å². The van der Waals surface area contributed by atoms with Gasteiger partial charge in [-0.1, -0.05) is 29.3 Å². The number of benzene rings is 2. The van der Waals surface area contributed by atoms with Gasteiger partial charge < -0.3 is 15.5 Å². The molecule has 0 saturated heterocycles. The monoisotopic (exact) mass is 425 g/mol. The van der Waals surface area contributed by atoms with Crippen LogP contribution in [-0.4, -0.2) is 36.4 Å². The van der Waals surface area contributed by atoms with E-state index in [0.717, 1.165) is 0 Å². The molecule has 28 heavy (non-hydrogen) atoms. The topological polar surface area (TPSA) is 106 Å². The number of carbonyl (C=O) groups excluding carboxylic acids is 2. The number of amides is 2. The first-order valence-electron chi connectivity index (χ1n) is 8.30. The standard InChI is InChI=1S/C18H18Cl2N4O4/c1-11(18(26)22-12-4-3-5-14(8-12)24(27)28)23(2)10-17(25)21-13-6-7-15(19)16(20)9-13/h3-9,11H,10H2,1-2H3,(H,21,25)(H,22,26)/p+1/t11-/m0/s1. The number of nitro benzene ring substituents is 1. The van der Waals surface area contributed by atoms with Crippen LogP contribution in [0.15, 0.2) is 42.5 Å². The SMILES string of the molecule is C[C@@H](C(=O)Nc1cccc([N+](=O)[O-])c1)[NH+](C)CC(=O)Nc1ccc(Cl)c(Cl)c1. The van der Waals surface area contributed by atoms with Gasteiger partial charge in [0.15, 0.2) is 12.6 Å². The molecule has 0 aliphatic heterocycles. The van der Waals surface area contributed by atoms with E-state index >= 15 is 0 Å². The number of carbonyl (C=O) groups is 2. The molecule has 0 bridgehead atoms. The first-order valence-corrected chi connectivity index (χ1v) is 9.05. The molecule has 2 amide bonds. The highest BCUT2D eigenvalue weighted by atomic mass is 35.5. The number of hydrogen-bond acceptors (Lipinski definition) is 4. The second-order valence-electron chi connectivity index (χ2n) is 6.22. The Morgan fingerprint density at radius 3 is 2.43 bits per heavy atom. The lowest BCUT2D eigenvalue weighted by atomic mass is 10.2. The number of halogens is 2. The van der Waals surface area contributed by atoms with Crippen LogP contribution in [-0.2, 0) is 9.59 Å². The minimum absolute atomic E-state index is 0.0315. The highest BCUT2D eigenvalue weighted by Crippen LogP contribution is 2.24. The highest BCUT2D eigenvalue weighted by Gasteiger charge is 2.24. The van der Waals surface area contributed by atoms with Crippen molar-refractivity contribution in [2.45, 2.75) is 13.0 Å². The first-order chi connectivity index (χ1) is 13.2. The van der Waals surface area contributed by atoms with Crippen LogP contribution in [0.25, 0.3) is 0 Å². The lowest BCUT2D eigenvalue weighted by molar-refractivity contribution is -0.885. The quantitative estimate of drug-likeness (QED) is 0.467. The molecular formula is C18H19Cl2N4O4+. The van der Waals surface area contributed by atoms with Crippen molar-refractivity contribution >= 4 is 52.1 Å². The molecule has 3 N–H and O–H groups in total. The molecule has 0 aliphatic carbocycles. The van der Waals surface area contributed by atoms with Crippen LogP contribution in [0.5, 0.6) is 0 Å². The molecule has 2 aromatic carbocycles. The number of rotatable bonds is 7. The molecule has 2 atom stereocenters. The van der Waals surface area contributed by atoms with Gasteiger partial charge >= 0.3 is 0 Å². The van der Waals surface area contributed by atoms with E-state index in [4.69, 9.17) is 23.2 Å². The molecule has 0 aliphatic rings. The van der Waals surface area contributed by atoms with Gasteiger partial charge in [-0.3, -0.25) is 19.7 Å². The third-order valence-corrected chi connectivity index (χ3v) is 4.84. The van der Waals surface area contributed by atoms with E-state index in [0.29, 0.717) is 26.3 Å². The summed E-state index contributed by atoms with van der Waals surface area (Å²) >= 11 is 11.8. The van der Waals surface area contributed by atoms with Crippen molar-refractivity contribution in [3.63, 3.8) is 0 Å². The molecule has 8 nitrogen and oxygen atoms in total. The number of nitrogens with one attached hydrogen (secondary N) is 3. The minimum atomic E-state index is -0.571. The Hall–Kier alpha value is -2.68. The maximum absolute atomic E-state index is 12.4. The van der Waals surface area contributed by atoms with Crippen molar-refractivity contribution in [3.8, 4) is 0 Å². The van der Waals surface area contributed by atoms with E-state index in [-0.39, 0.29) is 24.0 Å². The zero-order valence-corrected chi connectivity index (χ0v) is 16.7. The smallest absolute Gasteiger partial charge is 0.282 e. The molecular weight excluding hydrogens is 407 g/mol. The van der Waals surface area contributed by atoms with Crippen LogP contribution in [0.1, 0.15) is 6.92 Å². The van der Waals surface area contributed by atoms with Crippen molar-refractivity contribution in [1.29, 1.82) is 0 Å². The summed E-state index contributed by atoms with van der Waals surface area (Å²) in [4.78, 5) is 35.5. The maximum Gasteiger partial charge on any atom is 0.282 e. The summed E-state index contributed by atoms with van der Waals surface area (Å²) < 4.78 is 0. The number of nitro groups is 1. The van der Waals surface area contributed by atoms with Gasteiger partial charge in [-0.05, 0) is 31.2 Å². The average Bonchev–Trinajstić information content (AvgIpc) is 2.64. The van der Waals surface area contributed by atoms with Gasteiger partial charge in [-0.2, -0.15) is 0 Å². The first kappa shape index (κ1) is 21.6. The lowest BCUT2D eigenvalue weighted by Gasteiger charge is -2.20. The molecule has 2 aromatic rings. The van der Waals surface area contributed by atoms with E-state index in [1.54, 1.807) is 32.2 Å². The molecule has 10 heteroatoms. The van der Waals surface area contributed by atoms with Crippen molar-refractivity contribution in [2.24, 2.45) is 0 Å². The van der Waals surface area contributed by atoms with Crippen molar-refractivity contribution in [2.75, 3.05) is 24.2 Å². The predicted octanol–water partition coefficient (Wildman–Crippen LogP) is 2.38. The summed E-state index contributed by atoms with van der Waals surface area (Å²) in [6.45, 7) is 1.69. The molecule has 0 aromatic heterocycles. The number of likely N-dealkylation sites (N-methyl/N-ethyl adjacent to an activating group) is 1. The van der Waals surface area contributed by atoms with Gasteiger partial charge in [0.1, 0.15) is 0 Å². The molecule has 0 radical (unpaired) electrons. The average molecular weight is 426 g/mol. The summed E-state index contributed by atoms with van der Waals surface area (Å²) in [6.07, 6.45) is 0. The highest BCUT2D eigenvalue weighted by molar-refractivity contribution is 6.42. The minimum Gasteiger partial charge on any atom is -0.321 e. The molecule has 148 valence electrons. The van der Waals surface area contributed by atoms with Gasteiger partial charge in [0, 0.05) is 23.5 Å². The Bertz CT molecular complexity index is 907. The largest absolute Gasteiger partial charge is 0.321 e. The zero-order chi connectivity index (χ0) is 20.8. The molecule has 2 rings (SSSR count). The van der Waals surface area contributed by atoms with Gasteiger partial charge in [-0.25, -0.2) is 0 Å². The van der Waals surface area contributed by atoms with Crippen LogP contribution >= 0.6 is 23.2 Å². The van der Waals surface area contributed by atoms with E-state index < -0.39 is 11.0 Å². The van der Waals surface area contributed by atoms with Crippen LogP contribution in [0, 0.1) is 10.1 Å². The Morgan fingerprint density at radius 2 is 1.79 bits per heavy atom. The summed E-state index contributed by atoms with van der Waals surface area (Å²) in [7, 11) is 1.70. The number of quaternary nitrogens is 1.